The molecular weight excluding hydrogens is 480 g/mol. The summed E-state index contributed by atoms with van der Waals surface area (Å²) in [5.74, 6) is 0.324. The first-order valence-electron chi connectivity index (χ1n) is 13.0. The Kier molecular flexibility index (Phi) is 7.90. The van der Waals surface area contributed by atoms with E-state index in [1.54, 1.807) is 6.92 Å². The van der Waals surface area contributed by atoms with Gasteiger partial charge in [-0.05, 0) is 36.5 Å². The molecule has 2 aromatic carbocycles. The fourth-order valence-corrected chi connectivity index (χ4v) is 4.35. The van der Waals surface area contributed by atoms with E-state index >= 15 is 0 Å². The summed E-state index contributed by atoms with van der Waals surface area (Å²) in [6, 6.07) is 15.6. The molecule has 0 atom stereocenters. The van der Waals surface area contributed by atoms with E-state index in [-0.39, 0.29) is 17.9 Å². The number of H-pyrrole nitrogens is 1. The summed E-state index contributed by atoms with van der Waals surface area (Å²) in [5, 5.41) is 3.83. The molecule has 8 nitrogen and oxygen atoms in total. The topological polar surface area (TPSA) is 111 Å². The second kappa shape index (κ2) is 11.1. The lowest BCUT2D eigenvalue weighted by molar-refractivity contribution is -0.127. The van der Waals surface area contributed by atoms with E-state index in [0.717, 1.165) is 47.2 Å². The Hall–Kier alpha value is -4.07. The van der Waals surface area contributed by atoms with Crippen LogP contribution in [0.2, 0.25) is 0 Å². The molecule has 0 aliphatic heterocycles. The predicted molar refractivity (Wildman–Crippen MR) is 147 cm³/mol. The smallest absolute Gasteiger partial charge is 0.297 e. The fourth-order valence-electron chi connectivity index (χ4n) is 4.35. The molecule has 0 aliphatic carbocycles. The SMILES string of the molecule is CCCCc1nc(C)n(CC(=O)C(C)(C)C)c(=O)c1Cc1ccc(-c2ccccc2-c2noc(=O)[nH]2)cc1. The molecule has 0 spiro atoms. The van der Waals surface area contributed by atoms with Crippen LogP contribution in [0.4, 0.5) is 0 Å². The average Bonchev–Trinajstić information content (AvgIpc) is 3.33. The van der Waals surface area contributed by atoms with Gasteiger partial charge in [-0.2, -0.15) is 0 Å². The van der Waals surface area contributed by atoms with Crippen LogP contribution in [0.25, 0.3) is 22.5 Å². The minimum Gasteiger partial charge on any atom is -0.297 e. The molecule has 4 aromatic rings. The first-order valence-corrected chi connectivity index (χ1v) is 13.0. The Morgan fingerprint density at radius 2 is 1.71 bits per heavy atom. The van der Waals surface area contributed by atoms with E-state index < -0.39 is 11.2 Å². The van der Waals surface area contributed by atoms with Gasteiger partial charge in [0.25, 0.3) is 5.56 Å². The lowest BCUT2D eigenvalue weighted by atomic mass is 9.90. The third-order valence-corrected chi connectivity index (χ3v) is 6.71. The van der Waals surface area contributed by atoms with Gasteiger partial charge in [0.2, 0.25) is 0 Å². The molecule has 8 heteroatoms. The molecule has 0 bridgehead atoms. The van der Waals surface area contributed by atoms with Crippen molar-refractivity contribution in [2.75, 3.05) is 0 Å². The highest BCUT2D eigenvalue weighted by Crippen LogP contribution is 2.30. The molecule has 0 aliphatic rings. The summed E-state index contributed by atoms with van der Waals surface area (Å²) < 4.78 is 6.20. The monoisotopic (exact) mass is 514 g/mol. The number of hydrogen-bond acceptors (Lipinski definition) is 6. The van der Waals surface area contributed by atoms with Crippen molar-refractivity contribution in [3.05, 3.63) is 92.1 Å². The van der Waals surface area contributed by atoms with Crippen molar-refractivity contribution in [3.63, 3.8) is 0 Å². The zero-order valence-corrected chi connectivity index (χ0v) is 22.6. The minimum absolute atomic E-state index is 0.00627. The Morgan fingerprint density at radius 1 is 1.03 bits per heavy atom. The summed E-state index contributed by atoms with van der Waals surface area (Å²) in [7, 11) is 0. The quantitative estimate of drug-likeness (QED) is 0.332. The second-order valence-corrected chi connectivity index (χ2v) is 10.6. The van der Waals surface area contributed by atoms with Crippen LogP contribution in [0.3, 0.4) is 0 Å². The number of ketones is 1. The predicted octanol–water partition coefficient (Wildman–Crippen LogP) is 5.11. The molecule has 0 unspecified atom stereocenters. The maximum absolute atomic E-state index is 13.7. The average molecular weight is 515 g/mol. The number of rotatable bonds is 9. The van der Waals surface area contributed by atoms with Crippen molar-refractivity contribution in [2.45, 2.75) is 66.8 Å². The third-order valence-electron chi connectivity index (χ3n) is 6.71. The number of unbranched alkanes of at least 4 members (excludes halogenated alkanes) is 1. The lowest BCUT2D eigenvalue weighted by Crippen LogP contribution is -2.35. The molecule has 0 amide bonds. The van der Waals surface area contributed by atoms with Gasteiger partial charge < -0.3 is 0 Å². The van der Waals surface area contributed by atoms with Crippen LogP contribution in [-0.4, -0.2) is 25.5 Å². The van der Waals surface area contributed by atoms with Crippen LogP contribution in [0, 0.1) is 12.3 Å². The Bertz CT molecular complexity index is 1550. The normalized spacial score (nSPS) is 11.6. The van der Waals surface area contributed by atoms with Crippen LogP contribution in [0.5, 0.6) is 0 Å². The molecule has 1 N–H and O–H groups in total. The van der Waals surface area contributed by atoms with Crippen LogP contribution >= 0.6 is 0 Å². The third kappa shape index (κ3) is 5.90. The van der Waals surface area contributed by atoms with Gasteiger partial charge in [0.15, 0.2) is 11.6 Å². The van der Waals surface area contributed by atoms with Gasteiger partial charge in [-0.3, -0.25) is 23.7 Å². The van der Waals surface area contributed by atoms with Crippen LogP contribution in [0.15, 0.2) is 62.6 Å². The van der Waals surface area contributed by atoms with E-state index in [1.165, 1.54) is 4.57 Å². The molecule has 0 radical (unpaired) electrons. The largest absolute Gasteiger partial charge is 0.439 e. The molecule has 198 valence electrons. The zero-order valence-electron chi connectivity index (χ0n) is 22.6. The number of nitrogens with zero attached hydrogens (tertiary/aromatic N) is 3. The number of Topliss-reactive ketones (excluding diaryl/α,β-unsaturated/α-hetero) is 1. The molecular formula is C30H34N4O4. The summed E-state index contributed by atoms with van der Waals surface area (Å²) in [6.07, 6.45) is 3.07. The standard InChI is InChI=1S/C30H34N4O4/c1-6-7-12-25-24(28(36)34(19(2)31-25)18-26(35)30(3,4)5)17-20-13-15-21(16-14-20)22-10-8-9-11-23(22)27-32-29(37)38-33-27/h8-11,13-16H,6-7,12,17-18H2,1-5H3,(H,32,33,37). The van der Waals surface area contributed by atoms with E-state index in [1.807, 2.05) is 69.3 Å². The first kappa shape index (κ1) is 27.0. The highest BCUT2D eigenvalue weighted by molar-refractivity contribution is 5.83. The van der Waals surface area contributed by atoms with E-state index in [2.05, 4.69) is 21.6 Å². The molecule has 0 saturated carbocycles. The maximum Gasteiger partial charge on any atom is 0.439 e. The second-order valence-electron chi connectivity index (χ2n) is 10.6. The number of benzene rings is 2. The molecule has 4 rings (SSSR count). The number of hydrogen-bond donors (Lipinski definition) is 1. The van der Waals surface area contributed by atoms with Crippen LogP contribution in [-0.2, 0) is 24.2 Å². The number of nitrogens with one attached hydrogen (secondary N) is 1. The van der Waals surface area contributed by atoms with Crippen LogP contribution < -0.4 is 11.3 Å². The van der Waals surface area contributed by atoms with Gasteiger partial charge in [-0.1, -0.05) is 87.8 Å². The van der Waals surface area contributed by atoms with Crippen molar-refractivity contribution in [2.24, 2.45) is 5.41 Å². The van der Waals surface area contributed by atoms with Crippen molar-refractivity contribution >= 4 is 5.78 Å². The number of aromatic amines is 1. The van der Waals surface area contributed by atoms with E-state index in [9.17, 15) is 14.4 Å². The number of carbonyl (C=O) groups excluding carboxylic acids is 1. The molecule has 2 heterocycles. The van der Waals surface area contributed by atoms with E-state index in [4.69, 9.17) is 4.98 Å². The summed E-state index contributed by atoms with van der Waals surface area (Å²) in [5.41, 5.74) is 4.31. The summed E-state index contributed by atoms with van der Waals surface area (Å²) in [4.78, 5) is 45.3. The van der Waals surface area contributed by atoms with Gasteiger partial charge in [0, 0.05) is 23.0 Å². The number of aromatic nitrogens is 4. The fraction of sp³-hybridized carbons (Fsp3) is 0.367. The van der Waals surface area contributed by atoms with Crippen molar-refractivity contribution in [1.29, 1.82) is 0 Å². The molecule has 38 heavy (non-hydrogen) atoms. The van der Waals surface area contributed by atoms with Crippen molar-refractivity contribution < 1.29 is 9.32 Å². The van der Waals surface area contributed by atoms with Crippen molar-refractivity contribution in [3.8, 4) is 22.5 Å². The first-order chi connectivity index (χ1) is 18.1. The molecule has 2 aromatic heterocycles. The highest BCUT2D eigenvalue weighted by Gasteiger charge is 2.24. The summed E-state index contributed by atoms with van der Waals surface area (Å²) >= 11 is 0. The van der Waals surface area contributed by atoms with Gasteiger partial charge in [-0.25, -0.2) is 9.78 Å². The van der Waals surface area contributed by atoms with Gasteiger partial charge in [0.05, 0.1) is 12.2 Å². The Labute approximate surface area is 221 Å². The zero-order chi connectivity index (χ0) is 27.4. The maximum atomic E-state index is 13.7. The highest BCUT2D eigenvalue weighted by atomic mass is 16.5. The minimum atomic E-state index is -0.606. The lowest BCUT2D eigenvalue weighted by Gasteiger charge is -2.20. The van der Waals surface area contributed by atoms with E-state index in [0.29, 0.717) is 23.6 Å². The van der Waals surface area contributed by atoms with Crippen LogP contribution in [0.1, 0.15) is 63.2 Å². The van der Waals surface area contributed by atoms with Gasteiger partial charge >= 0.3 is 5.76 Å². The van der Waals surface area contributed by atoms with Gasteiger partial charge in [0.1, 0.15) is 5.82 Å². The van der Waals surface area contributed by atoms with Crippen molar-refractivity contribution in [1.82, 2.24) is 19.7 Å². The van der Waals surface area contributed by atoms with Gasteiger partial charge in [-0.15, -0.1) is 0 Å². The molecule has 0 saturated heterocycles. The number of aryl methyl sites for hydroxylation is 2. The number of carbonyl (C=O) groups is 1. The Morgan fingerprint density at radius 3 is 2.32 bits per heavy atom. The molecule has 0 fully saturated rings. The summed E-state index contributed by atoms with van der Waals surface area (Å²) in [6.45, 7) is 9.51. The Balaban J connectivity index is 1.69.